The van der Waals surface area contributed by atoms with Crippen molar-refractivity contribution in [1.82, 2.24) is 0 Å². The zero-order chi connectivity index (χ0) is 16.7. The second-order valence-corrected chi connectivity index (χ2v) is 5.95. The van der Waals surface area contributed by atoms with Crippen LogP contribution >= 0.6 is 11.6 Å². The van der Waals surface area contributed by atoms with E-state index >= 15 is 0 Å². The van der Waals surface area contributed by atoms with E-state index in [1.54, 1.807) is 0 Å². The molecule has 0 amide bonds. The van der Waals surface area contributed by atoms with Crippen LogP contribution in [0.15, 0.2) is 91.0 Å². The van der Waals surface area contributed by atoms with Gasteiger partial charge in [0.2, 0.25) is 0 Å². The molecule has 0 aliphatic heterocycles. The third-order valence-electron chi connectivity index (χ3n) is 3.65. The topological polar surface area (TPSA) is 18.5 Å². The van der Waals surface area contributed by atoms with E-state index in [9.17, 15) is 0 Å². The van der Waals surface area contributed by atoms with Crippen molar-refractivity contribution in [3.05, 3.63) is 108 Å². The molecule has 0 N–H and O–H groups in total. The highest BCUT2D eigenvalue weighted by atomic mass is 35.5. The van der Waals surface area contributed by atoms with Gasteiger partial charge in [-0.1, -0.05) is 103 Å². The summed E-state index contributed by atoms with van der Waals surface area (Å²) >= 11 is 6.72. The molecule has 2 nitrogen and oxygen atoms in total. The van der Waals surface area contributed by atoms with Gasteiger partial charge in [-0.25, -0.2) is 0 Å². The maximum Gasteiger partial charge on any atom is 0.277 e. The standard InChI is InChI=1S/C21H19ClO2/c22-21(20-14-8-3-9-15-20,23-16-18-10-4-1-5-11-18)24-17-19-12-6-2-7-13-19/h1-15H,16-17H2. The third kappa shape index (κ3) is 4.45. The first kappa shape index (κ1) is 16.7. The van der Waals surface area contributed by atoms with Gasteiger partial charge in [0.05, 0.1) is 13.2 Å². The van der Waals surface area contributed by atoms with Crippen molar-refractivity contribution in [3.8, 4) is 0 Å². The minimum atomic E-state index is -1.33. The largest absolute Gasteiger partial charge is 0.329 e. The molecule has 3 heteroatoms. The minimum Gasteiger partial charge on any atom is -0.329 e. The van der Waals surface area contributed by atoms with E-state index in [0.717, 1.165) is 16.7 Å². The van der Waals surface area contributed by atoms with E-state index in [1.165, 1.54) is 0 Å². The Balaban J connectivity index is 1.75. The molecule has 0 spiro atoms. The third-order valence-corrected chi connectivity index (χ3v) is 4.09. The fourth-order valence-electron chi connectivity index (χ4n) is 2.35. The predicted octanol–water partition coefficient (Wildman–Crippen LogP) is 5.47. The van der Waals surface area contributed by atoms with Gasteiger partial charge in [0.1, 0.15) is 0 Å². The minimum absolute atomic E-state index is 0.369. The molecule has 3 rings (SSSR count). The van der Waals surface area contributed by atoms with Crippen LogP contribution in [0.3, 0.4) is 0 Å². The van der Waals surface area contributed by atoms with E-state index in [1.807, 2.05) is 91.0 Å². The lowest BCUT2D eigenvalue weighted by molar-refractivity contribution is -0.199. The summed E-state index contributed by atoms with van der Waals surface area (Å²) in [4.78, 5) is 0. The highest BCUT2D eigenvalue weighted by Gasteiger charge is 2.32. The van der Waals surface area contributed by atoms with E-state index < -0.39 is 5.25 Å². The van der Waals surface area contributed by atoms with Crippen LogP contribution in [0.5, 0.6) is 0 Å². The lowest BCUT2D eigenvalue weighted by Gasteiger charge is -2.28. The SMILES string of the molecule is ClC(OCc1ccccc1)(OCc1ccccc1)c1ccccc1. The predicted molar refractivity (Wildman–Crippen MR) is 96.4 cm³/mol. The Kier molecular flexibility index (Phi) is 5.65. The first-order valence-electron chi connectivity index (χ1n) is 7.86. The van der Waals surface area contributed by atoms with Crippen LogP contribution in [-0.4, -0.2) is 0 Å². The van der Waals surface area contributed by atoms with Crippen LogP contribution in [0.2, 0.25) is 0 Å². The van der Waals surface area contributed by atoms with Crippen molar-refractivity contribution < 1.29 is 9.47 Å². The molecule has 0 aromatic heterocycles. The molecular formula is C21H19ClO2. The average molecular weight is 339 g/mol. The van der Waals surface area contributed by atoms with Gasteiger partial charge in [0, 0.05) is 5.56 Å². The second-order valence-electron chi connectivity index (χ2n) is 5.45. The van der Waals surface area contributed by atoms with Gasteiger partial charge >= 0.3 is 0 Å². The Morgan fingerprint density at radius 1 is 0.583 bits per heavy atom. The van der Waals surface area contributed by atoms with Gasteiger partial charge in [0.15, 0.2) is 0 Å². The number of halogens is 1. The Hall–Kier alpha value is -2.13. The summed E-state index contributed by atoms with van der Waals surface area (Å²) in [5.74, 6) is 0. The van der Waals surface area contributed by atoms with Gasteiger partial charge in [-0.05, 0) is 11.1 Å². The van der Waals surface area contributed by atoms with Crippen LogP contribution in [0.25, 0.3) is 0 Å². The van der Waals surface area contributed by atoms with Crippen molar-refractivity contribution in [2.75, 3.05) is 0 Å². The van der Waals surface area contributed by atoms with Gasteiger partial charge < -0.3 is 9.47 Å². The summed E-state index contributed by atoms with van der Waals surface area (Å²) in [5.41, 5.74) is 2.86. The Bertz CT molecular complexity index is 686. The molecule has 0 bridgehead atoms. The maximum absolute atomic E-state index is 6.72. The normalized spacial score (nSPS) is 11.4. The van der Waals surface area contributed by atoms with Gasteiger partial charge in [-0.3, -0.25) is 0 Å². The molecule has 0 fully saturated rings. The lowest BCUT2D eigenvalue weighted by atomic mass is 10.2. The maximum atomic E-state index is 6.72. The van der Waals surface area contributed by atoms with Crippen molar-refractivity contribution >= 4 is 11.6 Å². The zero-order valence-electron chi connectivity index (χ0n) is 13.3. The van der Waals surface area contributed by atoms with E-state index in [2.05, 4.69) is 0 Å². The van der Waals surface area contributed by atoms with E-state index in [0.29, 0.717) is 13.2 Å². The first-order valence-corrected chi connectivity index (χ1v) is 8.24. The van der Waals surface area contributed by atoms with Gasteiger partial charge in [-0.2, -0.15) is 0 Å². The molecule has 0 atom stereocenters. The smallest absolute Gasteiger partial charge is 0.277 e. The number of ether oxygens (including phenoxy) is 2. The quantitative estimate of drug-likeness (QED) is 0.420. The molecule has 3 aromatic carbocycles. The van der Waals surface area contributed by atoms with Crippen molar-refractivity contribution in [2.24, 2.45) is 0 Å². The molecule has 3 aromatic rings. The number of hydrogen-bond acceptors (Lipinski definition) is 2. The number of alkyl halides is 1. The number of hydrogen-bond donors (Lipinski definition) is 0. The van der Waals surface area contributed by atoms with Crippen molar-refractivity contribution in [1.29, 1.82) is 0 Å². The van der Waals surface area contributed by atoms with Crippen molar-refractivity contribution in [2.45, 2.75) is 18.5 Å². The summed E-state index contributed by atoms with van der Waals surface area (Å²) in [6.45, 7) is 0.738. The highest BCUT2D eigenvalue weighted by Crippen LogP contribution is 2.34. The van der Waals surface area contributed by atoms with Crippen LogP contribution in [0, 0.1) is 0 Å². The second kappa shape index (κ2) is 8.11. The monoisotopic (exact) mass is 338 g/mol. The summed E-state index contributed by atoms with van der Waals surface area (Å²) in [7, 11) is 0. The fraction of sp³-hybridized carbons (Fsp3) is 0.143. The van der Waals surface area contributed by atoms with Crippen LogP contribution in [0.4, 0.5) is 0 Å². The van der Waals surface area contributed by atoms with Crippen LogP contribution in [-0.2, 0) is 27.9 Å². The molecule has 0 unspecified atom stereocenters. The van der Waals surface area contributed by atoms with E-state index in [-0.39, 0.29) is 0 Å². The van der Waals surface area contributed by atoms with Crippen molar-refractivity contribution in [3.63, 3.8) is 0 Å². The molecule has 0 saturated carbocycles. The summed E-state index contributed by atoms with van der Waals surface area (Å²) < 4.78 is 11.9. The fourth-order valence-corrected chi connectivity index (χ4v) is 2.58. The molecular weight excluding hydrogens is 320 g/mol. The van der Waals surface area contributed by atoms with Gasteiger partial charge in [0.25, 0.3) is 5.25 Å². The van der Waals surface area contributed by atoms with Crippen LogP contribution < -0.4 is 0 Å². The molecule has 0 saturated heterocycles. The lowest BCUT2D eigenvalue weighted by Crippen LogP contribution is -2.26. The molecule has 0 aliphatic rings. The molecule has 24 heavy (non-hydrogen) atoms. The summed E-state index contributed by atoms with van der Waals surface area (Å²) in [5, 5.41) is -1.33. The first-order chi connectivity index (χ1) is 11.8. The number of benzene rings is 3. The molecule has 0 radical (unpaired) electrons. The average Bonchev–Trinajstić information content (AvgIpc) is 2.67. The Labute approximate surface area is 147 Å². The number of rotatable bonds is 7. The highest BCUT2D eigenvalue weighted by molar-refractivity contribution is 6.22. The molecule has 122 valence electrons. The molecule has 0 aliphatic carbocycles. The summed E-state index contributed by atoms with van der Waals surface area (Å²) in [6.07, 6.45) is 0. The van der Waals surface area contributed by atoms with Crippen LogP contribution in [0.1, 0.15) is 16.7 Å². The Morgan fingerprint density at radius 2 is 0.958 bits per heavy atom. The zero-order valence-corrected chi connectivity index (χ0v) is 14.0. The molecule has 0 heterocycles. The van der Waals surface area contributed by atoms with Gasteiger partial charge in [-0.15, -0.1) is 0 Å². The van der Waals surface area contributed by atoms with E-state index in [4.69, 9.17) is 21.1 Å². The Morgan fingerprint density at radius 3 is 1.38 bits per heavy atom. The summed E-state index contributed by atoms with van der Waals surface area (Å²) in [6, 6.07) is 29.4.